The van der Waals surface area contributed by atoms with Crippen molar-refractivity contribution in [3.63, 3.8) is 0 Å². The number of hydrogen-bond donors (Lipinski definition) is 1. The van der Waals surface area contributed by atoms with E-state index in [1.807, 2.05) is 0 Å². The molecule has 2 heteroatoms. The monoisotopic (exact) mass is 183 g/mol. The Morgan fingerprint density at radius 3 is 2.23 bits per heavy atom. The largest absolute Gasteiger partial charge is 0.370 e. The molecule has 1 rings (SSSR count). The second kappa shape index (κ2) is 5.25. The molecule has 1 aliphatic rings. The van der Waals surface area contributed by atoms with E-state index in [1.165, 1.54) is 38.5 Å². The van der Waals surface area contributed by atoms with Gasteiger partial charge < -0.3 is 5.73 Å². The van der Waals surface area contributed by atoms with E-state index in [4.69, 9.17) is 5.73 Å². The minimum absolute atomic E-state index is 0.126. The Labute approximate surface area is 80.9 Å². The molecule has 1 amide bonds. The van der Waals surface area contributed by atoms with E-state index in [0.29, 0.717) is 12.3 Å². The molecule has 1 saturated carbocycles. The van der Waals surface area contributed by atoms with Crippen molar-refractivity contribution < 1.29 is 4.79 Å². The number of amides is 1. The van der Waals surface area contributed by atoms with Gasteiger partial charge in [-0.2, -0.15) is 0 Å². The third-order valence-electron chi connectivity index (χ3n) is 3.15. The summed E-state index contributed by atoms with van der Waals surface area (Å²) < 4.78 is 0. The number of carbonyl (C=O) groups is 1. The Bertz CT molecular complexity index is 159. The first kappa shape index (κ1) is 10.6. The van der Waals surface area contributed by atoms with E-state index in [9.17, 15) is 4.79 Å². The highest BCUT2D eigenvalue weighted by atomic mass is 16.1. The van der Waals surface area contributed by atoms with Gasteiger partial charge in [0.1, 0.15) is 0 Å². The van der Waals surface area contributed by atoms with Gasteiger partial charge in [0.25, 0.3) is 0 Å². The summed E-state index contributed by atoms with van der Waals surface area (Å²) in [6.07, 6.45) is 8.33. The van der Waals surface area contributed by atoms with Gasteiger partial charge in [-0.3, -0.25) is 4.79 Å². The van der Waals surface area contributed by atoms with Crippen LogP contribution in [0, 0.1) is 11.8 Å². The third-order valence-corrected chi connectivity index (χ3v) is 3.15. The molecule has 76 valence electrons. The second-order valence-electron chi connectivity index (χ2n) is 4.35. The Morgan fingerprint density at radius 2 is 1.77 bits per heavy atom. The summed E-state index contributed by atoms with van der Waals surface area (Å²) in [5.74, 6) is 1.39. The molecule has 0 heterocycles. The lowest BCUT2D eigenvalue weighted by atomic mass is 9.79. The van der Waals surface area contributed by atoms with Crippen LogP contribution in [0.2, 0.25) is 0 Å². The van der Waals surface area contributed by atoms with Gasteiger partial charge in [0.15, 0.2) is 0 Å². The predicted molar refractivity (Wildman–Crippen MR) is 54.2 cm³/mol. The molecule has 0 aromatic rings. The van der Waals surface area contributed by atoms with E-state index in [0.717, 1.165) is 5.92 Å². The van der Waals surface area contributed by atoms with Crippen molar-refractivity contribution in [1.82, 2.24) is 0 Å². The first-order valence-corrected chi connectivity index (χ1v) is 5.50. The van der Waals surface area contributed by atoms with Gasteiger partial charge in [-0.15, -0.1) is 0 Å². The molecule has 0 aromatic heterocycles. The lowest BCUT2D eigenvalue weighted by molar-refractivity contribution is -0.119. The number of rotatable bonds is 4. The van der Waals surface area contributed by atoms with Gasteiger partial charge >= 0.3 is 0 Å². The van der Waals surface area contributed by atoms with Crippen molar-refractivity contribution >= 4 is 5.91 Å². The fourth-order valence-electron chi connectivity index (χ4n) is 2.42. The van der Waals surface area contributed by atoms with E-state index >= 15 is 0 Å². The molecule has 0 unspecified atom stereocenters. The average molecular weight is 183 g/mol. The van der Waals surface area contributed by atoms with Crippen LogP contribution in [0.3, 0.4) is 0 Å². The lowest BCUT2D eigenvalue weighted by Crippen LogP contribution is -2.21. The normalized spacial score (nSPS) is 28.7. The molecule has 2 nitrogen and oxygen atoms in total. The van der Waals surface area contributed by atoms with Crippen LogP contribution in [0.5, 0.6) is 0 Å². The molecule has 2 N–H and O–H groups in total. The SMILES string of the molecule is CCCC1CCC(CC(N)=O)CC1. The summed E-state index contributed by atoms with van der Waals surface area (Å²) in [5, 5.41) is 0. The van der Waals surface area contributed by atoms with Crippen LogP contribution in [0.15, 0.2) is 0 Å². The average Bonchev–Trinajstić information content (AvgIpc) is 2.08. The maximum atomic E-state index is 10.7. The predicted octanol–water partition coefficient (Wildman–Crippen LogP) is 2.47. The van der Waals surface area contributed by atoms with Crippen molar-refractivity contribution in [2.45, 2.75) is 51.9 Å². The first-order valence-electron chi connectivity index (χ1n) is 5.50. The van der Waals surface area contributed by atoms with E-state index < -0.39 is 0 Å². The van der Waals surface area contributed by atoms with Crippen molar-refractivity contribution in [1.29, 1.82) is 0 Å². The van der Waals surface area contributed by atoms with E-state index in [-0.39, 0.29) is 5.91 Å². The molecule has 1 fully saturated rings. The number of carbonyl (C=O) groups excluding carboxylic acids is 1. The quantitative estimate of drug-likeness (QED) is 0.714. The van der Waals surface area contributed by atoms with Gasteiger partial charge in [-0.25, -0.2) is 0 Å². The summed E-state index contributed by atoms with van der Waals surface area (Å²) in [7, 11) is 0. The lowest BCUT2D eigenvalue weighted by Gasteiger charge is -2.27. The van der Waals surface area contributed by atoms with Crippen molar-refractivity contribution in [2.24, 2.45) is 17.6 Å². The number of nitrogens with two attached hydrogens (primary N) is 1. The standard InChI is InChI=1S/C11H21NO/c1-2-3-9-4-6-10(7-5-9)8-11(12)13/h9-10H,2-8H2,1H3,(H2,12,13). The van der Waals surface area contributed by atoms with Crippen LogP contribution in [0.4, 0.5) is 0 Å². The molecule has 0 bridgehead atoms. The maximum absolute atomic E-state index is 10.7. The van der Waals surface area contributed by atoms with E-state index in [2.05, 4.69) is 6.92 Å². The molecule has 0 saturated heterocycles. The molecule has 0 radical (unpaired) electrons. The second-order valence-corrected chi connectivity index (χ2v) is 4.35. The molecule has 1 aliphatic carbocycles. The third kappa shape index (κ3) is 3.79. The molecule has 0 aromatic carbocycles. The Morgan fingerprint density at radius 1 is 1.23 bits per heavy atom. The minimum atomic E-state index is -0.126. The molecule has 0 aliphatic heterocycles. The zero-order valence-electron chi connectivity index (χ0n) is 8.59. The Balaban J connectivity index is 2.18. The van der Waals surface area contributed by atoms with Crippen LogP contribution in [-0.2, 0) is 4.79 Å². The topological polar surface area (TPSA) is 43.1 Å². The Hall–Kier alpha value is -0.530. The van der Waals surface area contributed by atoms with Crippen LogP contribution in [-0.4, -0.2) is 5.91 Å². The van der Waals surface area contributed by atoms with Gasteiger partial charge in [0, 0.05) is 6.42 Å². The van der Waals surface area contributed by atoms with Crippen molar-refractivity contribution in [3.8, 4) is 0 Å². The molecule has 0 atom stereocenters. The van der Waals surface area contributed by atoms with Crippen molar-refractivity contribution in [3.05, 3.63) is 0 Å². The molecule has 13 heavy (non-hydrogen) atoms. The molecule has 0 spiro atoms. The molecular formula is C11H21NO. The van der Waals surface area contributed by atoms with Crippen LogP contribution in [0.1, 0.15) is 51.9 Å². The Kier molecular flexibility index (Phi) is 4.26. The first-order chi connectivity index (χ1) is 6.22. The van der Waals surface area contributed by atoms with Crippen LogP contribution >= 0.6 is 0 Å². The maximum Gasteiger partial charge on any atom is 0.217 e. The van der Waals surface area contributed by atoms with Gasteiger partial charge in [-0.1, -0.05) is 32.6 Å². The summed E-state index contributed by atoms with van der Waals surface area (Å²) >= 11 is 0. The minimum Gasteiger partial charge on any atom is -0.370 e. The molecular weight excluding hydrogens is 162 g/mol. The van der Waals surface area contributed by atoms with Gasteiger partial charge in [0.2, 0.25) is 5.91 Å². The summed E-state index contributed by atoms with van der Waals surface area (Å²) in [5.41, 5.74) is 5.18. The van der Waals surface area contributed by atoms with Crippen LogP contribution in [0.25, 0.3) is 0 Å². The fourth-order valence-corrected chi connectivity index (χ4v) is 2.42. The fraction of sp³-hybridized carbons (Fsp3) is 0.909. The van der Waals surface area contributed by atoms with Gasteiger partial charge in [-0.05, 0) is 24.7 Å². The van der Waals surface area contributed by atoms with E-state index in [1.54, 1.807) is 0 Å². The summed E-state index contributed by atoms with van der Waals surface area (Å²) in [4.78, 5) is 10.7. The highest BCUT2D eigenvalue weighted by Crippen LogP contribution is 2.32. The summed E-state index contributed by atoms with van der Waals surface area (Å²) in [6.45, 7) is 2.25. The van der Waals surface area contributed by atoms with Crippen molar-refractivity contribution in [2.75, 3.05) is 0 Å². The number of hydrogen-bond acceptors (Lipinski definition) is 1. The van der Waals surface area contributed by atoms with Crippen LogP contribution < -0.4 is 5.73 Å². The van der Waals surface area contributed by atoms with Gasteiger partial charge in [0.05, 0.1) is 0 Å². The highest BCUT2D eigenvalue weighted by molar-refractivity contribution is 5.73. The zero-order chi connectivity index (χ0) is 9.68. The summed E-state index contributed by atoms with van der Waals surface area (Å²) in [6, 6.07) is 0. The smallest absolute Gasteiger partial charge is 0.217 e. The number of primary amides is 1. The zero-order valence-corrected chi connectivity index (χ0v) is 8.59. The highest BCUT2D eigenvalue weighted by Gasteiger charge is 2.21.